The Morgan fingerprint density at radius 2 is 1.52 bits per heavy atom. The molecule has 2 N–H and O–H groups in total. The minimum Gasteiger partial charge on any atom is -0.348 e. The van der Waals surface area contributed by atoms with Crippen LogP contribution < -0.4 is 10.6 Å². The van der Waals surface area contributed by atoms with Crippen LogP contribution in [-0.4, -0.2) is 21.6 Å². The van der Waals surface area contributed by atoms with Gasteiger partial charge < -0.3 is 10.6 Å². The van der Waals surface area contributed by atoms with Gasteiger partial charge in [-0.2, -0.15) is 5.10 Å². The molecule has 0 saturated heterocycles. The second-order valence-electron chi connectivity index (χ2n) is 6.85. The van der Waals surface area contributed by atoms with Crippen molar-refractivity contribution in [3.63, 3.8) is 0 Å². The lowest BCUT2D eigenvalue weighted by Crippen LogP contribution is -2.22. The Morgan fingerprint density at radius 3 is 2.23 bits per heavy atom. The molecular formula is C24H19ClN4O2. The van der Waals surface area contributed by atoms with Crippen LogP contribution in [-0.2, 0) is 6.54 Å². The van der Waals surface area contributed by atoms with Gasteiger partial charge in [0.05, 0.1) is 11.9 Å². The Balaban J connectivity index is 1.33. The molecule has 0 fully saturated rings. The largest absolute Gasteiger partial charge is 0.348 e. The molecule has 0 spiro atoms. The highest BCUT2D eigenvalue weighted by molar-refractivity contribution is 6.30. The monoisotopic (exact) mass is 430 g/mol. The number of rotatable bonds is 6. The summed E-state index contributed by atoms with van der Waals surface area (Å²) in [5.74, 6) is -0.407. The number of halogens is 1. The number of carbonyl (C=O) groups excluding carboxylic acids is 2. The van der Waals surface area contributed by atoms with Crippen LogP contribution >= 0.6 is 11.6 Å². The van der Waals surface area contributed by atoms with Crippen LogP contribution in [0.5, 0.6) is 0 Å². The summed E-state index contributed by atoms with van der Waals surface area (Å²) in [5.41, 5.74) is 3.45. The number of carbonyl (C=O) groups is 2. The van der Waals surface area contributed by atoms with Gasteiger partial charge in [-0.25, -0.2) is 4.68 Å². The molecule has 3 aromatic carbocycles. The van der Waals surface area contributed by atoms with Gasteiger partial charge in [-0.3, -0.25) is 9.59 Å². The van der Waals surface area contributed by atoms with Gasteiger partial charge in [0.25, 0.3) is 11.8 Å². The molecule has 6 nitrogen and oxygen atoms in total. The molecule has 0 radical (unpaired) electrons. The fourth-order valence-corrected chi connectivity index (χ4v) is 3.09. The highest BCUT2D eigenvalue weighted by atomic mass is 35.5. The number of hydrogen-bond acceptors (Lipinski definition) is 3. The highest BCUT2D eigenvalue weighted by Crippen LogP contribution is 2.14. The van der Waals surface area contributed by atoms with Crippen LogP contribution in [0.2, 0.25) is 5.02 Å². The first-order chi connectivity index (χ1) is 15.1. The maximum Gasteiger partial charge on any atom is 0.255 e. The van der Waals surface area contributed by atoms with E-state index < -0.39 is 0 Å². The van der Waals surface area contributed by atoms with Crippen LogP contribution in [0.15, 0.2) is 91.3 Å². The molecule has 1 heterocycles. The lowest BCUT2D eigenvalue weighted by Gasteiger charge is -2.07. The van der Waals surface area contributed by atoms with Crippen molar-refractivity contribution in [1.29, 1.82) is 0 Å². The third kappa shape index (κ3) is 5.18. The summed E-state index contributed by atoms with van der Waals surface area (Å²) >= 11 is 5.91. The number of benzene rings is 3. The minimum absolute atomic E-state index is 0.199. The van der Waals surface area contributed by atoms with Gasteiger partial charge in [0.15, 0.2) is 0 Å². The van der Waals surface area contributed by atoms with E-state index in [4.69, 9.17) is 11.6 Å². The number of anilines is 1. The molecule has 0 unspecified atom stereocenters. The molecule has 4 rings (SSSR count). The molecule has 0 aliphatic heterocycles. The molecule has 4 aromatic rings. The number of hydrogen-bond donors (Lipinski definition) is 2. The van der Waals surface area contributed by atoms with Crippen molar-refractivity contribution < 1.29 is 9.59 Å². The Hall–Kier alpha value is -3.90. The molecule has 1 aromatic heterocycles. The summed E-state index contributed by atoms with van der Waals surface area (Å²) in [4.78, 5) is 24.7. The molecule has 0 saturated carbocycles. The van der Waals surface area contributed by atoms with Crippen LogP contribution in [0.3, 0.4) is 0 Å². The highest BCUT2D eigenvalue weighted by Gasteiger charge is 2.09. The third-order valence-corrected chi connectivity index (χ3v) is 4.87. The van der Waals surface area contributed by atoms with Gasteiger partial charge in [0.2, 0.25) is 0 Å². The van der Waals surface area contributed by atoms with Crippen LogP contribution in [0.25, 0.3) is 5.69 Å². The first kappa shape index (κ1) is 20.4. The second-order valence-corrected chi connectivity index (χ2v) is 7.29. The zero-order chi connectivity index (χ0) is 21.6. The minimum atomic E-state index is -0.208. The zero-order valence-corrected chi connectivity index (χ0v) is 17.2. The van der Waals surface area contributed by atoms with E-state index in [0.717, 1.165) is 11.3 Å². The number of nitrogens with one attached hydrogen (secondary N) is 2. The van der Waals surface area contributed by atoms with Crippen molar-refractivity contribution in [2.45, 2.75) is 6.54 Å². The van der Waals surface area contributed by atoms with Gasteiger partial charge in [-0.15, -0.1) is 0 Å². The van der Waals surface area contributed by atoms with Gasteiger partial charge in [0.1, 0.15) is 0 Å². The Kier molecular flexibility index (Phi) is 6.10. The lowest BCUT2D eigenvalue weighted by atomic mass is 10.1. The first-order valence-corrected chi connectivity index (χ1v) is 10.0. The average Bonchev–Trinajstić information content (AvgIpc) is 3.28. The van der Waals surface area contributed by atoms with E-state index in [-0.39, 0.29) is 11.8 Å². The third-order valence-electron chi connectivity index (χ3n) is 4.62. The van der Waals surface area contributed by atoms with Crippen LogP contribution in [0, 0.1) is 0 Å². The summed E-state index contributed by atoms with van der Waals surface area (Å²) in [5, 5.41) is 10.7. The summed E-state index contributed by atoms with van der Waals surface area (Å²) < 4.78 is 1.72. The molecular weight excluding hydrogens is 412 g/mol. The second kappa shape index (κ2) is 9.28. The summed E-state index contributed by atoms with van der Waals surface area (Å²) in [6.07, 6.45) is 3.56. The molecule has 154 valence electrons. The fraction of sp³-hybridized carbons (Fsp3) is 0.0417. The summed E-state index contributed by atoms with van der Waals surface area (Å²) in [6.45, 7) is 0.346. The number of aromatic nitrogens is 2. The Labute approximate surface area is 184 Å². The van der Waals surface area contributed by atoms with E-state index >= 15 is 0 Å². The molecule has 0 aliphatic carbocycles. The molecule has 7 heteroatoms. The van der Waals surface area contributed by atoms with E-state index in [1.807, 2.05) is 36.5 Å². The molecule has 0 aliphatic rings. The zero-order valence-electron chi connectivity index (χ0n) is 16.5. The molecule has 0 atom stereocenters. The van der Waals surface area contributed by atoms with Crippen molar-refractivity contribution in [2.75, 3.05) is 5.32 Å². The first-order valence-electron chi connectivity index (χ1n) is 9.63. The van der Waals surface area contributed by atoms with Crippen molar-refractivity contribution in [2.24, 2.45) is 0 Å². The Bertz CT molecular complexity index is 1190. The smallest absolute Gasteiger partial charge is 0.255 e. The molecule has 2 amide bonds. The maximum atomic E-state index is 12.4. The van der Waals surface area contributed by atoms with Gasteiger partial charge in [0, 0.05) is 40.1 Å². The van der Waals surface area contributed by atoms with Gasteiger partial charge in [-0.1, -0.05) is 29.8 Å². The standard InChI is InChI=1S/C24H19ClN4O2/c25-20-8-12-22(13-9-20)29-16-17(15-27-29)14-26-23(30)19-6-10-21(11-7-19)28-24(31)18-4-2-1-3-5-18/h1-13,15-16H,14H2,(H,26,30)(H,28,31). The molecule has 31 heavy (non-hydrogen) atoms. The topological polar surface area (TPSA) is 76.0 Å². The van der Waals surface area contributed by atoms with Crippen LogP contribution in [0.4, 0.5) is 5.69 Å². The Morgan fingerprint density at radius 1 is 0.839 bits per heavy atom. The van der Waals surface area contributed by atoms with Crippen LogP contribution in [0.1, 0.15) is 26.3 Å². The van der Waals surface area contributed by atoms with Crippen molar-refractivity contribution in [3.8, 4) is 5.69 Å². The quantitative estimate of drug-likeness (QED) is 0.465. The SMILES string of the molecule is O=C(NCc1cnn(-c2ccc(Cl)cc2)c1)c1ccc(NC(=O)c2ccccc2)cc1. The van der Waals surface area contributed by atoms with E-state index in [0.29, 0.717) is 28.4 Å². The van der Waals surface area contributed by atoms with E-state index in [1.165, 1.54) is 0 Å². The van der Waals surface area contributed by atoms with E-state index in [1.54, 1.807) is 59.4 Å². The normalized spacial score (nSPS) is 10.5. The lowest BCUT2D eigenvalue weighted by molar-refractivity contribution is 0.0950. The van der Waals surface area contributed by atoms with Gasteiger partial charge >= 0.3 is 0 Å². The van der Waals surface area contributed by atoms with Crippen molar-refractivity contribution in [3.05, 3.63) is 113 Å². The van der Waals surface area contributed by atoms with Crippen molar-refractivity contribution in [1.82, 2.24) is 15.1 Å². The number of nitrogens with zero attached hydrogens (tertiary/aromatic N) is 2. The van der Waals surface area contributed by atoms with E-state index in [9.17, 15) is 9.59 Å². The predicted octanol–water partition coefficient (Wildman–Crippen LogP) is 4.71. The maximum absolute atomic E-state index is 12.4. The van der Waals surface area contributed by atoms with Crippen molar-refractivity contribution >= 4 is 29.1 Å². The predicted molar refractivity (Wildman–Crippen MR) is 121 cm³/mol. The number of amides is 2. The molecule has 0 bridgehead atoms. The summed E-state index contributed by atoms with van der Waals surface area (Å²) in [6, 6.07) is 23.0. The van der Waals surface area contributed by atoms with E-state index in [2.05, 4.69) is 15.7 Å². The average molecular weight is 431 g/mol. The summed E-state index contributed by atoms with van der Waals surface area (Å²) in [7, 11) is 0. The van der Waals surface area contributed by atoms with Gasteiger partial charge in [-0.05, 0) is 60.7 Å². The fourth-order valence-electron chi connectivity index (χ4n) is 2.97.